The van der Waals surface area contributed by atoms with Crippen LogP contribution in [-0.2, 0) is 9.53 Å². The Kier molecular flexibility index (Phi) is 5.14. The second-order valence-electron chi connectivity index (χ2n) is 5.17. The lowest BCUT2D eigenvalue weighted by Gasteiger charge is -2.23. The van der Waals surface area contributed by atoms with Crippen molar-refractivity contribution in [3.63, 3.8) is 0 Å². The Morgan fingerprint density at radius 2 is 2.33 bits per heavy atom. The molecule has 0 unspecified atom stereocenters. The van der Waals surface area contributed by atoms with Gasteiger partial charge < -0.3 is 19.5 Å². The molecule has 0 spiro atoms. The molecular weight excluding hydrogens is 277 g/mol. The van der Waals surface area contributed by atoms with Crippen LogP contribution in [0.15, 0.2) is 24.3 Å². The first kappa shape index (κ1) is 15.7. The van der Waals surface area contributed by atoms with E-state index >= 15 is 0 Å². The smallest absolute Gasteiger partial charge is 0.248 e. The van der Waals surface area contributed by atoms with Crippen molar-refractivity contribution < 1.29 is 23.8 Å². The van der Waals surface area contributed by atoms with Crippen LogP contribution in [0.3, 0.4) is 0 Å². The molecule has 1 aromatic carbocycles. The van der Waals surface area contributed by atoms with Gasteiger partial charge in [-0.3, -0.25) is 4.79 Å². The molecule has 1 aliphatic rings. The third-order valence-corrected chi connectivity index (χ3v) is 3.42. The second-order valence-corrected chi connectivity index (χ2v) is 5.17. The van der Waals surface area contributed by atoms with Gasteiger partial charge in [0.25, 0.3) is 0 Å². The number of hydrogen-bond donors (Lipinski definition) is 1. The molecule has 1 N–H and O–H groups in total. The molecule has 6 heteroatoms. The van der Waals surface area contributed by atoms with Gasteiger partial charge in [0.05, 0.1) is 6.54 Å². The van der Waals surface area contributed by atoms with E-state index in [1.165, 1.54) is 12.1 Å². The lowest BCUT2D eigenvalue weighted by molar-refractivity contribution is -0.136. The van der Waals surface area contributed by atoms with Crippen molar-refractivity contribution in [2.75, 3.05) is 32.9 Å². The van der Waals surface area contributed by atoms with Crippen LogP contribution in [0.5, 0.6) is 5.75 Å². The molecule has 0 radical (unpaired) electrons. The molecule has 0 aliphatic carbocycles. The standard InChI is InChI=1S/C15H20FNO4/c1-2-20-9-14(18)17-7-6-15(19,10-17)11-21-13-5-3-4-12(16)8-13/h3-5,8,19H,2,6-7,9-11H2,1H3/t15-/m1/s1. The Bertz CT molecular complexity index is 496. The molecule has 1 amide bonds. The molecule has 2 rings (SSSR count). The predicted octanol–water partition coefficient (Wildman–Crippen LogP) is 1.20. The van der Waals surface area contributed by atoms with Gasteiger partial charge in [0.1, 0.15) is 30.4 Å². The summed E-state index contributed by atoms with van der Waals surface area (Å²) in [5.74, 6) is -0.166. The van der Waals surface area contributed by atoms with Gasteiger partial charge in [-0.1, -0.05) is 6.07 Å². The fourth-order valence-electron chi connectivity index (χ4n) is 2.24. The zero-order chi connectivity index (χ0) is 15.3. The number of likely N-dealkylation sites (tertiary alicyclic amines) is 1. The molecule has 1 saturated heterocycles. The van der Waals surface area contributed by atoms with Crippen LogP contribution < -0.4 is 4.74 Å². The minimum atomic E-state index is -1.10. The van der Waals surface area contributed by atoms with Gasteiger partial charge in [0.15, 0.2) is 0 Å². The van der Waals surface area contributed by atoms with Crippen LogP contribution in [0, 0.1) is 5.82 Å². The maximum Gasteiger partial charge on any atom is 0.248 e. The first-order valence-corrected chi connectivity index (χ1v) is 6.99. The number of hydrogen-bond acceptors (Lipinski definition) is 4. The van der Waals surface area contributed by atoms with Crippen molar-refractivity contribution in [2.45, 2.75) is 18.9 Å². The number of halogens is 1. The van der Waals surface area contributed by atoms with Crippen molar-refractivity contribution in [1.29, 1.82) is 0 Å². The van der Waals surface area contributed by atoms with Gasteiger partial charge >= 0.3 is 0 Å². The maximum absolute atomic E-state index is 13.0. The van der Waals surface area contributed by atoms with Gasteiger partial charge in [0, 0.05) is 19.2 Å². The number of β-amino-alcohol motifs (C(OH)–C–C–N with tert-alkyl or cyclic N) is 1. The van der Waals surface area contributed by atoms with Gasteiger partial charge in [0.2, 0.25) is 5.91 Å². The molecule has 21 heavy (non-hydrogen) atoms. The van der Waals surface area contributed by atoms with Crippen molar-refractivity contribution in [3.8, 4) is 5.75 Å². The topological polar surface area (TPSA) is 59.0 Å². The summed E-state index contributed by atoms with van der Waals surface area (Å²) in [6, 6.07) is 5.75. The first-order chi connectivity index (χ1) is 10.0. The van der Waals surface area contributed by atoms with E-state index in [4.69, 9.17) is 9.47 Å². The highest BCUT2D eigenvalue weighted by atomic mass is 19.1. The average molecular weight is 297 g/mol. The van der Waals surface area contributed by atoms with E-state index < -0.39 is 5.60 Å². The van der Waals surface area contributed by atoms with E-state index in [-0.39, 0.29) is 31.5 Å². The third-order valence-electron chi connectivity index (χ3n) is 3.42. The van der Waals surface area contributed by atoms with Gasteiger partial charge in [-0.25, -0.2) is 4.39 Å². The summed E-state index contributed by atoms with van der Waals surface area (Å²) < 4.78 is 23.5. The number of ether oxygens (including phenoxy) is 2. The summed E-state index contributed by atoms with van der Waals surface area (Å²) in [4.78, 5) is 13.4. The van der Waals surface area contributed by atoms with E-state index in [1.54, 1.807) is 17.0 Å². The highest BCUT2D eigenvalue weighted by molar-refractivity contribution is 5.77. The molecule has 1 fully saturated rings. The number of rotatable bonds is 6. The maximum atomic E-state index is 13.0. The normalized spacial score (nSPS) is 21.6. The predicted molar refractivity (Wildman–Crippen MR) is 74.5 cm³/mol. The number of nitrogens with zero attached hydrogens (tertiary/aromatic N) is 1. The average Bonchev–Trinajstić information content (AvgIpc) is 2.86. The second kappa shape index (κ2) is 6.87. The molecule has 1 aliphatic heterocycles. The van der Waals surface area contributed by atoms with Gasteiger partial charge in [-0.05, 0) is 25.5 Å². The summed E-state index contributed by atoms with van der Waals surface area (Å²) in [5, 5.41) is 10.4. The number of aliphatic hydroxyl groups is 1. The van der Waals surface area contributed by atoms with Crippen LogP contribution in [0.25, 0.3) is 0 Å². The van der Waals surface area contributed by atoms with E-state index in [2.05, 4.69) is 0 Å². The Morgan fingerprint density at radius 1 is 1.52 bits per heavy atom. The van der Waals surface area contributed by atoms with Crippen LogP contribution in [0.4, 0.5) is 4.39 Å². The molecule has 116 valence electrons. The monoisotopic (exact) mass is 297 g/mol. The summed E-state index contributed by atoms with van der Waals surface area (Å²) in [7, 11) is 0. The minimum Gasteiger partial charge on any atom is -0.490 e. The fourth-order valence-corrected chi connectivity index (χ4v) is 2.24. The minimum absolute atomic E-state index is 0.0227. The Hall–Kier alpha value is -1.66. The molecule has 0 saturated carbocycles. The molecular formula is C15H20FNO4. The van der Waals surface area contributed by atoms with E-state index in [0.717, 1.165) is 0 Å². The summed E-state index contributed by atoms with van der Waals surface area (Å²) in [6.45, 7) is 3.02. The number of carbonyl (C=O) groups is 1. The first-order valence-electron chi connectivity index (χ1n) is 6.99. The van der Waals surface area contributed by atoms with Crippen molar-refractivity contribution in [2.24, 2.45) is 0 Å². The van der Waals surface area contributed by atoms with Crippen molar-refractivity contribution in [3.05, 3.63) is 30.1 Å². The lowest BCUT2D eigenvalue weighted by atomic mass is 10.1. The molecule has 0 bridgehead atoms. The Labute approximate surface area is 123 Å². The molecule has 1 heterocycles. The Balaban J connectivity index is 1.85. The molecule has 0 aromatic heterocycles. The summed E-state index contributed by atoms with van der Waals surface area (Å²) >= 11 is 0. The van der Waals surface area contributed by atoms with Gasteiger partial charge in [-0.2, -0.15) is 0 Å². The quantitative estimate of drug-likeness (QED) is 0.857. The number of amides is 1. The van der Waals surface area contributed by atoms with Crippen molar-refractivity contribution >= 4 is 5.91 Å². The van der Waals surface area contributed by atoms with Crippen LogP contribution in [0.2, 0.25) is 0 Å². The Morgan fingerprint density at radius 3 is 3.05 bits per heavy atom. The molecule has 1 aromatic rings. The highest BCUT2D eigenvalue weighted by Gasteiger charge is 2.38. The molecule has 1 atom stereocenters. The third kappa shape index (κ3) is 4.41. The zero-order valence-electron chi connectivity index (χ0n) is 12.0. The SMILES string of the molecule is CCOCC(=O)N1CC[C@](O)(COc2cccc(F)c2)C1. The van der Waals surface area contributed by atoms with Crippen molar-refractivity contribution in [1.82, 2.24) is 4.90 Å². The van der Waals surface area contributed by atoms with E-state index in [1.807, 2.05) is 6.92 Å². The van der Waals surface area contributed by atoms with Crippen LogP contribution >= 0.6 is 0 Å². The number of benzene rings is 1. The van der Waals surface area contributed by atoms with E-state index in [0.29, 0.717) is 25.3 Å². The highest BCUT2D eigenvalue weighted by Crippen LogP contribution is 2.23. The van der Waals surface area contributed by atoms with Crippen LogP contribution in [0.1, 0.15) is 13.3 Å². The zero-order valence-corrected chi connectivity index (χ0v) is 12.0. The van der Waals surface area contributed by atoms with Gasteiger partial charge in [-0.15, -0.1) is 0 Å². The fraction of sp³-hybridized carbons (Fsp3) is 0.533. The summed E-state index contributed by atoms with van der Waals surface area (Å²) in [6.07, 6.45) is 0.431. The number of carbonyl (C=O) groups excluding carboxylic acids is 1. The van der Waals surface area contributed by atoms with E-state index in [9.17, 15) is 14.3 Å². The van der Waals surface area contributed by atoms with Crippen LogP contribution in [-0.4, -0.2) is 54.4 Å². The molecule has 5 nitrogen and oxygen atoms in total. The summed E-state index contributed by atoms with van der Waals surface area (Å²) in [5.41, 5.74) is -1.10. The lowest BCUT2D eigenvalue weighted by Crippen LogP contribution is -2.41. The largest absolute Gasteiger partial charge is 0.490 e.